The SMILES string of the molecule is CC(C)(C)OC(=O)N1CCN(c2cnc3ccc(Cc4cc(C(=O)NCc5cc6c(Cl)c[nH]c6cc5F)ccn4)cc3c2)CC1.O=C(NCc1cc2c(Cl)c[nH]c2cc1F)c1ccnc(Cc2ccc3ncc(N4CCNCC4)cc3c2)c1. The number of rotatable bonds is 12. The minimum atomic E-state index is -0.521. The number of pyridine rings is 4. The molecule has 2 aliphatic rings. The van der Waals surface area contributed by atoms with Gasteiger partial charge in [0.15, 0.2) is 0 Å². The van der Waals surface area contributed by atoms with Gasteiger partial charge in [-0.3, -0.25) is 29.5 Å². The summed E-state index contributed by atoms with van der Waals surface area (Å²) in [7, 11) is 0. The molecule has 0 unspecified atom stereocenters. The van der Waals surface area contributed by atoms with Crippen molar-refractivity contribution in [1.29, 1.82) is 0 Å². The van der Waals surface area contributed by atoms with Crippen molar-refractivity contribution >= 4 is 96.1 Å². The van der Waals surface area contributed by atoms with E-state index in [-0.39, 0.29) is 31.0 Å². The Morgan fingerprint density at radius 1 is 0.590 bits per heavy atom. The number of aromatic amines is 2. The first-order valence-electron chi connectivity index (χ1n) is 27.4. The topological polar surface area (TPSA) is 189 Å². The average molecular weight is 1160 g/mol. The Balaban J connectivity index is 0.000000176. The van der Waals surface area contributed by atoms with Crippen LogP contribution >= 0.6 is 23.2 Å². The van der Waals surface area contributed by atoms with Gasteiger partial charge in [-0.2, -0.15) is 0 Å². The maximum absolute atomic E-state index is 14.6. The Kier molecular flexibility index (Phi) is 16.5. The largest absolute Gasteiger partial charge is 0.444 e. The number of carbonyl (C=O) groups is 3. The third kappa shape index (κ3) is 13.5. The van der Waals surface area contributed by atoms with Crippen molar-refractivity contribution in [2.75, 3.05) is 62.2 Å². The van der Waals surface area contributed by atoms with Crippen molar-refractivity contribution in [2.24, 2.45) is 0 Å². The first-order chi connectivity index (χ1) is 40.0. The second kappa shape index (κ2) is 24.4. The van der Waals surface area contributed by atoms with Gasteiger partial charge < -0.3 is 45.4 Å². The van der Waals surface area contributed by atoms with Crippen LogP contribution in [0, 0.1) is 11.6 Å². The number of ether oxygens (including phenoxy) is 1. The van der Waals surface area contributed by atoms with Crippen molar-refractivity contribution in [1.82, 2.24) is 50.8 Å². The molecule has 83 heavy (non-hydrogen) atoms. The van der Waals surface area contributed by atoms with Crippen molar-refractivity contribution in [3.63, 3.8) is 0 Å². The Bertz CT molecular complexity index is 4060. The number of H-pyrrole nitrogens is 2. The number of hydrogen-bond donors (Lipinski definition) is 5. The third-order valence-electron chi connectivity index (χ3n) is 14.6. The summed E-state index contributed by atoms with van der Waals surface area (Å²) in [5, 5.41) is 13.5. The van der Waals surface area contributed by atoms with Gasteiger partial charge in [-0.15, -0.1) is 0 Å². The fraction of sp³-hybridized carbons (Fsp3) is 0.254. The molecule has 2 aliphatic heterocycles. The fourth-order valence-electron chi connectivity index (χ4n) is 10.3. The first-order valence-corrected chi connectivity index (χ1v) is 28.1. The number of amides is 3. The van der Waals surface area contributed by atoms with Gasteiger partial charge in [0.05, 0.1) is 44.8 Å². The Labute approximate surface area is 487 Å². The van der Waals surface area contributed by atoms with E-state index in [0.29, 0.717) is 93.1 Å². The standard InChI is InChI=1S/C34H34ClFN6O3.C29H26ClFN6O/c1-34(2,3)45-33(44)42-10-8-41(9-11-42)26-15-23-12-21(4-5-30(23)38-19-26)13-25-14-22(6-7-37-25)32(43)40-18-24-16-27-28(35)20-39-31(27)17-29(24)36;30-25-17-35-28-14-26(31)21(13-24(25)28)15-36-29(38)19-3-4-33-22(11-19)10-18-1-2-27-20(9-18)12-23(16-34-27)37-7-5-32-6-8-37/h4-7,12,14-17,19-20,39H,8-11,13,18H2,1-3H3,(H,40,43);1-4,9,11-14,16-17,32,35H,5-8,10,15H2,(H,36,38). The zero-order valence-electron chi connectivity index (χ0n) is 46.0. The van der Waals surface area contributed by atoms with Crippen LogP contribution < -0.4 is 25.8 Å². The van der Waals surface area contributed by atoms with Gasteiger partial charge in [0.2, 0.25) is 0 Å². The summed E-state index contributed by atoms with van der Waals surface area (Å²) in [4.78, 5) is 68.7. The van der Waals surface area contributed by atoms with Crippen LogP contribution in [0.25, 0.3) is 43.6 Å². The molecule has 0 spiro atoms. The van der Waals surface area contributed by atoms with Crippen LogP contribution in [0.5, 0.6) is 0 Å². The molecule has 6 aromatic heterocycles. The zero-order chi connectivity index (χ0) is 57.8. The Hall–Kier alpha value is -8.71. The van der Waals surface area contributed by atoms with Crippen LogP contribution in [0.4, 0.5) is 25.0 Å². The van der Waals surface area contributed by atoms with Gasteiger partial charge in [-0.25, -0.2) is 13.6 Å². The van der Waals surface area contributed by atoms with Crippen LogP contribution in [0.2, 0.25) is 10.0 Å². The lowest BCUT2D eigenvalue weighted by Crippen LogP contribution is -2.50. The first kappa shape index (κ1) is 56.2. The average Bonchev–Trinajstić information content (AvgIpc) is 4.14. The number of nitrogens with zero attached hydrogens (tertiary/aromatic N) is 7. The molecule has 4 aromatic carbocycles. The molecule has 2 saturated heterocycles. The second-order valence-electron chi connectivity index (χ2n) is 21.7. The second-order valence-corrected chi connectivity index (χ2v) is 22.5. The van der Waals surface area contributed by atoms with Crippen molar-refractivity contribution in [3.05, 3.63) is 201 Å². The van der Waals surface area contributed by atoms with Gasteiger partial charge >= 0.3 is 6.09 Å². The highest BCUT2D eigenvalue weighted by Crippen LogP contribution is 2.29. The molecule has 5 N–H and O–H groups in total. The van der Waals surface area contributed by atoms with Gasteiger partial charge in [-0.05, 0) is 117 Å². The molecule has 8 heterocycles. The predicted molar refractivity (Wildman–Crippen MR) is 322 cm³/mol. The molecule has 12 rings (SSSR count). The van der Waals surface area contributed by atoms with E-state index in [0.717, 1.165) is 81.9 Å². The molecule has 0 aliphatic carbocycles. The Morgan fingerprint density at radius 3 is 1.53 bits per heavy atom. The number of piperazine rings is 2. The van der Waals surface area contributed by atoms with Crippen molar-refractivity contribution in [3.8, 4) is 0 Å². The van der Waals surface area contributed by atoms with Crippen LogP contribution in [0.1, 0.15) is 75.1 Å². The molecule has 2 fully saturated rings. The number of halogens is 4. The fourth-order valence-corrected chi connectivity index (χ4v) is 10.7. The van der Waals surface area contributed by atoms with Crippen molar-refractivity contribution < 1.29 is 27.9 Å². The molecule has 0 bridgehead atoms. The van der Waals surface area contributed by atoms with E-state index < -0.39 is 17.2 Å². The number of hydrogen-bond acceptors (Lipinski definition) is 11. The lowest BCUT2D eigenvalue weighted by atomic mass is 10.0. The molecule has 20 heteroatoms. The van der Waals surface area contributed by atoms with Crippen LogP contribution in [-0.2, 0) is 30.7 Å². The van der Waals surface area contributed by atoms with E-state index in [9.17, 15) is 23.2 Å². The monoisotopic (exact) mass is 1160 g/mol. The van der Waals surface area contributed by atoms with E-state index in [4.69, 9.17) is 27.9 Å². The van der Waals surface area contributed by atoms with Gasteiger partial charge in [0, 0.05) is 169 Å². The summed E-state index contributed by atoms with van der Waals surface area (Å²) in [6, 6.07) is 29.5. The molecule has 10 aromatic rings. The summed E-state index contributed by atoms with van der Waals surface area (Å²) in [6.45, 7) is 12.1. The summed E-state index contributed by atoms with van der Waals surface area (Å²) in [6.07, 6.45) is 11.1. The Morgan fingerprint density at radius 2 is 1.06 bits per heavy atom. The number of fused-ring (bicyclic) bond motifs is 4. The number of anilines is 2. The molecular formula is C63H60Cl2F2N12O4. The third-order valence-corrected chi connectivity index (χ3v) is 15.3. The highest BCUT2D eigenvalue weighted by molar-refractivity contribution is 6.36. The quantitative estimate of drug-likeness (QED) is 0.0783. The number of aromatic nitrogens is 6. The summed E-state index contributed by atoms with van der Waals surface area (Å²) < 4.78 is 34.6. The zero-order valence-corrected chi connectivity index (χ0v) is 47.5. The molecule has 424 valence electrons. The van der Waals surface area contributed by atoms with Crippen LogP contribution in [0.3, 0.4) is 0 Å². The van der Waals surface area contributed by atoms with Crippen LogP contribution in [-0.4, -0.2) is 111 Å². The van der Waals surface area contributed by atoms with E-state index in [2.05, 4.69) is 79.9 Å². The van der Waals surface area contributed by atoms with Gasteiger partial charge in [0.25, 0.3) is 11.8 Å². The van der Waals surface area contributed by atoms with Gasteiger partial charge in [0.1, 0.15) is 17.2 Å². The normalized spacial score (nSPS) is 13.8. The molecule has 0 atom stereocenters. The number of carbonyl (C=O) groups excluding carboxylic acids is 3. The molecular weight excluding hydrogens is 1100 g/mol. The minimum Gasteiger partial charge on any atom is -0.444 e. The maximum atomic E-state index is 14.6. The minimum absolute atomic E-state index is 0.0236. The lowest BCUT2D eigenvalue weighted by molar-refractivity contribution is 0.0240. The molecule has 0 radical (unpaired) electrons. The lowest BCUT2D eigenvalue weighted by Gasteiger charge is -2.36. The molecule has 16 nitrogen and oxygen atoms in total. The van der Waals surface area contributed by atoms with E-state index >= 15 is 0 Å². The number of nitrogens with one attached hydrogen (secondary N) is 5. The smallest absolute Gasteiger partial charge is 0.410 e. The van der Waals surface area contributed by atoms with Crippen LogP contribution in [0.15, 0.2) is 134 Å². The predicted octanol–water partition coefficient (Wildman–Crippen LogP) is 11.3. The summed E-state index contributed by atoms with van der Waals surface area (Å²) in [5.41, 5.74) is 9.89. The number of benzene rings is 4. The molecule has 0 saturated carbocycles. The maximum Gasteiger partial charge on any atom is 0.410 e. The summed E-state index contributed by atoms with van der Waals surface area (Å²) >= 11 is 12.3. The summed E-state index contributed by atoms with van der Waals surface area (Å²) in [5.74, 6) is -1.44. The molecule has 3 amide bonds. The van der Waals surface area contributed by atoms with E-state index in [1.807, 2.05) is 57.4 Å². The van der Waals surface area contributed by atoms with Crippen molar-refractivity contribution in [2.45, 2.75) is 52.3 Å². The van der Waals surface area contributed by atoms with E-state index in [1.165, 1.54) is 12.1 Å². The van der Waals surface area contributed by atoms with E-state index in [1.54, 1.807) is 66.1 Å². The highest BCUT2D eigenvalue weighted by Gasteiger charge is 2.26. The van der Waals surface area contributed by atoms with Gasteiger partial charge in [-0.1, -0.05) is 35.3 Å². The highest BCUT2D eigenvalue weighted by atomic mass is 35.5.